The summed E-state index contributed by atoms with van der Waals surface area (Å²) >= 11 is 5.84. The van der Waals surface area contributed by atoms with Gasteiger partial charge in [-0.05, 0) is 24.2 Å². The van der Waals surface area contributed by atoms with Crippen molar-refractivity contribution in [2.75, 3.05) is 18.8 Å². The lowest BCUT2D eigenvalue weighted by Crippen LogP contribution is -2.23. The van der Waals surface area contributed by atoms with Crippen LogP contribution in [0.2, 0.25) is 5.02 Å². The van der Waals surface area contributed by atoms with Crippen molar-refractivity contribution < 1.29 is 0 Å². The molecule has 3 heteroatoms. The van der Waals surface area contributed by atoms with Gasteiger partial charge in [0.05, 0.1) is 17.3 Å². The van der Waals surface area contributed by atoms with Crippen LogP contribution in [-0.4, -0.2) is 18.0 Å². The highest BCUT2D eigenvalue weighted by atomic mass is 35.5. The molecule has 0 fully saturated rings. The molecule has 0 aliphatic heterocycles. The largest absolute Gasteiger partial charge is 0.398 e. The average Bonchev–Trinajstić information content (AvgIpc) is 2.23. The molecule has 0 spiro atoms. The summed E-state index contributed by atoms with van der Waals surface area (Å²) < 4.78 is 0. The summed E-state index contributed by atoms with van der Waals surface area (Å²) in [5.74, 6) is 2.63. The molecule has 15 heavy (non-hydrogen) atoms. The summed E-state index contributed by atoms with van der Waals surface area (Å²) in [5.41, 5.74) is 7.47. The van der Waals surface area contributed by atoms with E-state index in [4.69, 9.17) is 23.8 Å². The van der Waals surface area contributed by atoms with Crippen molar-refractivity contribution in [1.82, 2.24) is 4.90 Å². The lowest BCUT2D eigenvalue weighted by Gasteiger charge is -2.17. The summed E-state index contributed by atoms with van der Waals surface area (Å²) in [6, 6.07) is 5.68. The molecule has 0 atom stereocenters. The highest BCUT2D eigenvalue weighted by molar-refractivity contribution is 6.33. The topological polar surface area (TPSA) is 29.3 Å². The zero-order valence-corrected chi connectivity index (χ0v) is 9.59. The maximum atomic E-state index is 5.84. The van der Waals surface area contributed by atoms with Crippen LogP contribution in [0, 0.1) is 12.3 Å². The predicted molar refractivity (Wildman–Crippen MR) is 65.6 cm³/mol. The summed E-state index contributed by atoms with van der Waals surface area (Å²) in [6.45, 7) is 4.46. The van der Waals surface area contributed by atoms with Gasteiger partial charge in [0.2, 0.25) is 0 Å². The molecule has 0 aromatic heterocycles. The summed E-state index contributed by atoms with van der Waals surface area (Å²) in [7, 11) is 0. The maximum Gasteiger partial charge on any atom is 0.0635 e. The quantitative estimate of drug-likeness (QED) is 0.626. The van der Waals surface area contributed by atoms with Crippen LogP contribution < -0.4 is 5.73 Å². The number of nitrogen functional groups attached to an aromatic ring is 1. The van der Waals surface area contributed by atoms with Crippen molar-refractivity contribution in [2.24, 2.45) is 0 Å². The lowest BCUT2D eigenvalue weighted by atomic mass is 10.2. The van der Waals surface area contributed by atoms with Gasteiger partial charge in [-0.1, -0.05) is 30.5 Å². The Labute approximate surface area is 96.0 Å². The number of hydrogen-bond donors (Lipinski definition) is 1. The van der Waals surface area contributed by atoms with E-state index in [1.807, 2.05) is 18.2 Å². The number of benzene rings is 1. The molecule has 1 aromatic rings. The SMILES string of the molecule is C#CCN(CC)Cc1ccc(Cl)c(N)c1. The van der Waals surface area contributed by atoms with Crippen LogP contribution in [0.3, 0.4) is 0 Å². The lowest BCUT2D eigenvalue weighted by molar-refractivity contribution is 0.316. The summed E-state index contributed by atoms with van der Waals surface area (Å²) in [4.78, 5) is 2.16. The van der Waals surface area contributed by atoms with Crippen LogP contribution in [0.4, 0.5) is 5.69 Å². The van der Waals surface area contributed by atoms with Crippen LogP contribution in [0.15, 0.2) is 18.2 Å². The fraction of sp³-hybridized carbons (Fsp3) is 0.333. The molecule has 0 saturated carbocycles. The third-order valence-electron chi connectivity index (χ3n) is 2.23. The van der Waals surface area contributed by atoms with Gasteiger partial charge in [0.25, 0.3) is 0 Å². The van der Waals surface area contributed by atoms with E-state index in [-0.39, 0.29) is 0 Å². The van der Waals surface area contributed by atoms with Gasteiger partial charge in [-0.15, -0.1) is 6.42 Å². The number of anilines is 1. The van der Waals surface area contributed by atoms with E-state index in [1.165, 1.54) is 0 Å². The van der Waals surface area contributed by atoms with Crippen LogP contribution in [0.1, 0.15) is 12.5 Å². The van der Waals surface area contributed by atoms with Crippen molar-refractivity contribution in [3.63, 3.8) is 0 Å². The summed E-state index contributed by atoms with van der Waals surface area (Å²) in [5, 5.41) is 0.596. The first-order valence-corrected chi connectivity index (χ1v) is 5.25. The predicted octanol–water partition coefficient (Wildman–Crippen LogP) is 2.38. The Morgan fingerprint density at radius 3 is 2.80 bits per heavy atom. The zero-order chi connectivity index (χ0) is 11.3. The number of hydrogen-bond acceptors (Lipinski definition) is 2. The molecule has 0 bridgehead atoms. The van der Waals surface area contributed by atoms with Crippen LogP contribution >= 0.6 is 11.6 Å². The first-order chi connectivity index (χ1) is 7.17. The molecule has 80 valence electrons. The highest BCUT2D eigenvalue weighted by Crippen LogP contribution is 2.20. The first kappa shape index (κ1) is 11.9. The Morgan fingerprint density at radius 1 is 1.53 bits per heavy atom. The van der Waals surface area contributed by atoms with Gasteiger partial charge in [0.15, 0.2) is 0 Å². The van der Waals surface area contributed by atoms with Crippen molar-refractivity contribution in [3.8, 4) is 12.3 Å². The van der Waals surface area contributed by atoms with Gasteiger partial charge in [0.1, 0.15) is 0 Å². The second kappa shape index (κ2) is 5.65. The standard InChI is InChI=1S/C12H15ClN2/c1-3-7-15(4-2)9-10-5-6-11(13)12(14)8-10/h1,5-6,8H,4,7,9,14H2,2H3. The second-order valence-electron chi connectivity index (χ2n) is 3.36. The van der Waals surface area contributed by atoms with E-state index in [0.29, 0.717) is 17.3 Å². The van der Waals surface area contributed by atoms with E-state index in [1.54, 1.807) is 0 Å². The van der Waals surface area contributed by atoms with E-state index >= 15 is 0 Å². The third-order valence-corrected chi connectivity index (χ3v) is 2.57. The molecule has 2 N–H and O–H groups in total. The molecule has 1 rings (SSSR count). The van der Waals surface area contributed by atoms with Crippen molar-refractivity contribution in [3.05, 3.63) is 28.8 Å². The van der Waals surface area contributed by atoms with Crippen LogP contribution in [0.5, 0.6) is 0 Å². The van der Waals surface area contributed by atoms with Crippen LogP contribution in [-0.2, 0) is 6.54 Å². The molecule has 1 aromatic carbocycles. The minimum atomic E-state index is 0.596. The van der Waals surface area contributed by atoms with Crippen molar-refractivity contribution in [1.29, 1.82) is 0 Å². The van der Waals surface area contributed by atoms with Gasteiger partial charge in [0, 0.05) is 6.54 Å². The smallest absolute Gasteiger partial charge is 0.0635 e. The minimum absolute atomic E-state index is 0.596. The molecule has 0 amide bonds. The minimum Gasteiger partial charge on any atom is -0.398 e. The third kappa shape index (κ3) is 3.47. The van der Waals surface area contributed by atoms with Gasteiger partial charge in [-0.25, -0.2) is 0 Å². The number of rotatable bonds is 4. The molecule has 0 aliphatic carbocycles. The molecular weight excluding hydrogens is 208 g/mol. The van der Waals surface area contributed by atoms with Gasteiger partial charge >= 0.3 is 0 Å². The molecule has 0 unspecified atom stereocenters. The monoisotopic (exact) mass is 222 g/mol. The van der Waals surface area contributed by atoms with Gasteiger partial charge < -0.3 is 5.73 Å². The number of nitrogens with two attached hydrogens (primary N) is 1. The number of halogens is 1. The number of terminal acetylenes is 1. The van der Waals surface area contributed by atoms with Gasteiger partial charge in [-0.3, -0.25) is 4.90 Å². The Morgan fingerprint density at radius 2 is 2.27 bits per heavy atom. The Kier molecular flexibility index (Phi) is 4.48. The van der Waals surface area contributed by atoms with E-state index in [9.17, 15) is 0 Å². The Balaban J connectivity index is 2.71. The first-order valence-electron chi connectivity index (χ1n) is 4.87. The zero-order valence-electron chi connectivity index (χ0n) is 8.83. The van der Waals surface area contributed by atoms with Crippen molar-refractivity contribution in [2.45, 2.75) is 13.5 Å². The maximum absolute atomic E-state index is 5.84. The fourth-order valence-corrected chi connectivity index (χ4v) is 1.48. The van der Waals surface area contributed by atoms with Crippen LogP contribution in [0.25, 0.3) is 0 Å². The molecule has 0 radical (unpaired) electrons. The number of nitrogens with zero attached hydrogens (tertiary/aromatic N) is 1. The fourth-order valence-electron chi connectivity index (χ4n) is 1.36. The Bertz CT molecular complexity index is 368. The summed E-state index contributed by atoms with van der Waals surface area (Å²) in [6.07, 6.45) is 5.28. The molecule has 0 saturated heterocycles. The highest BCUT2D eigenvalue weighted by Gasteiger charge is 2.03. The van der Waals surface area contributed by atoms with Gasteiger partial charge in [-0.2, -0.15) is 0 Å². The normalized spacial score (nSPS) is 10.3. The molecular formula is C12H15ClN2. The van der Waals surface area contributed by atoms with E-state index in [0.717, 1.165) is 18.7 Å². The average molecular weight is 223 g/mol. The second-order valence-corrected chi connectivity index (χ2v) is 3.77. The Hall–Kier alpha value is -1.17. The molecule has 0 heterocycles. The molecule has 0 aliphatic rings. The molecule has 2 nitrogen and oxygen atoms in total. The van der Waals surface area contributed by atoms with E-state index < -0.39 is 0 Å². The van der Waals surface area contributed by atoms with E-state index in [2.05, 4.69) is 17.7 Å². The van der Waals surface area contributed by atoms with Crippen molar-refractivity contribution >= 4 is 17.3 Å².